The first-order valence-electron chi connectivity index (χ1n) is 9.06. The molecule has 0 aliphatic carbocycles. The van der Waals surface area contributed by atoms with Crippen molar-refractivity contribution < 1.29 is 9.63 Å². The zero-order valence-corrected chi connectivity index (χ0v) is 14.8. The van der Waals surface area contributed by atoms with E-state index in [4.69, 9.17) is 4.84 Å². The molecule has 0 N–H and O–H groups in total. The van der Waals surface area contributed by atoms with Crippen molar-refractivity contribution in [3.63, 3.8) is 0 Å². The number of hydrogen-bond donors (Lipinski definition) is 0. The molecule has 2 atom stereocenters. The second-order valence-corrected chi connectivity index (χ2v) is 6.84. The molecule has 25 heavy (non-hydrogen) atoms. The third kappa shape index (κ3) is 2.81. The minimum atomic E-state index is -0.241. The lowest BCUT2D eigenvalue weighted by Crippen LogP contribution is -2.55. The number of anilines is 1. The Labute approximate surface area is 149 Å². The number of hydroxylamine groups is 2. The molecule has 1 fully saturated rings. The molecule has 2 heterocycles. The third-order valence-electron chi connectivity index (χ3n) is 5.35. The summed E-state index contributed by atoms with van der Waals surface area (Å²) >= 11 is 0. The standard InChI is InChI=1S/C21H24N2O2/c1-3-19-21-18-10-6-4-8-16(18)14-17-9-5-7-11-20(17)22(21)12-13-23(19)25-15(2)24/h4-11,19,21H,3,12-14H2,1-2H3. The molecular weight excluding hydrogens is 312 g/mol. The lowest BCUT2D eigenvalue weighted by Gasteiger charge is -2.47. The number of fused-ring (bicyclic) bond motifs is 5. The second-order valence-electron chi connectivity index (χ2n) is 6.84. The van der Waals surface area contributed by atoms with Crippen LogP contribution in [0.15, 0.2) is 48.5 Å². The predicted molar refractivity (Wildman–Crippen MR) is 98.3 cm³/mol. The Morgan fingerprint density at radius 2 is 1.80 bits per heavy atom. The van der Waals surface area contributed by atoms with E-state index >= 15 is 0 Å². The summed E-state index contributed by atoms with van der Waals surface area (Å²) in [6.07, 6.45) is 1.87. The maximum atomic E-state index is 11.6. The molecule has 2 unspecified atom stereocenters. The van der Waals surface area contributed by atoms with Crippen molar-refractivity contribution >= 4 is 11.7 Å². The number of carbonyl (C=O) groups excluding carboxylic acids is 1. The quantitative estimate of drug-likeness (QED) is 0.837. The molecule has 2 aliphatic heterocycles. The molecule has 0 bridgehead atoms. The molecule has 0 spiro atoms. The zero-order valence-electron chi connectivity index (χ0n) is 14.8. The van der Waals surface area contributed by atoms with Crippen LogP contribution in [0.5, 0.6) is 0 Å². The fourth-order valence-corrected chi connectivity index (χ4v) is 4.36. The topological polar surface area (TPSA) is 32.8 Å². The van der Waals surface area contributed by atoms with Gasteiger partial charge in [-0.3, -0.25) is 4.79 Å². The van der Waals surface area contributed by atoms with Gasteiger partial charge >= 0.3 is 5.97 Å². The van der Waals surface area contributed by atoms with Crippen molar-refractivity contribution in [2.24, 2.45) is 0 Å². The molecule has 2 aliphatic rings. The van der Waals surface area contributed by atoms with Crippen molar-refractivity contribution in [3.8, 4) is 0 Å². The van der Waals surface area contributed by atoms with Gasteiger partial charge in [0.25, 0.3) is 0 Å². The van der Waals surface area contributed by atoms with Gasteiger partial charge < -0.3 is 9.74 Å². The normalized spacial score (nSPS) is 22.4. The van der Waals surface area contributed by atoms with E-state index < -0.39 is 0 Å². The van der Waals surface area contributed by atoms with Gasteiger partial charge in [0.05, 0.1) is 18.6 Å². The van der Waals surface area contributed by atoms with Gasteiger partial charge in [-0.2, -0.15) is 0 Å². The highest BCUT2D eigenvalue weighted by Crippen LogP contribution is 2.42. The molecule has 1 saturated heterocycles. The molecule has 0 radical (unpaired) electrons. The summed E-state index contributed by atoms with van der Waals surface area (Å²) in [5, 5.41) is 1.90. The van der Waals surface area contributed by atoms with E-state index in [0.29, 0.717) is 0 Å². The van der Waals surface area contributed by atoms with Gasteiger partial charge in [-0.15, -0.1) is 5.06 Å². The lowest BCUT2D eigenvalue weighted by atomic mass is 9.90. The van der Waals surface area contributed by atoms with Crippen LogP contribution in [0.2, 0.25) is 0 Å². The van der Waals surface area contributed by atoms with Gasteiger partial charge in [0.2, 0.25) is 0 Å². The molecule has 130 valence electrons. The Hall–Kier alpha value is -2.33. The summed E-state index contributed by atoms with van der Waals surface area (Å²) in [6.45, 7) is 5.23. The van der Waals surface area contributed by atoms with Crippen molar-refractivity contribution in [2.75, 3.05) is 18.0 Å². The fourth-order valence-electron chi connectivity index (χ4n) is 4.36. The Balaban J connectivity index is 1.85. The average molecular weight is 336 g/mol. The number of rotatable bonds is 2. The molecular formula is C21H24N2O2. The highest BCUT2D eigenvalue weighted by atomic mass is 16.7. The van der Waals surface area contributed by atoms with Crippen LogP contribution >= 0.6 is 0 Å². The molecule has 4 nitrogen and oxygen atoms in total. The predicted octanol–water partition coefficient (Wildman–Crippen LogP) is 3.71. The largest absolute Gasteiger partial charge is 0.368 e. The number of para-hydroxylation sites is 1. The first-order chi connectivity index (χ1) is 12.2. The molecule has 0 saturated carbocycles. The molecule has 0 aromatic heterocycles. The van der Waals surface area contributed by atoms with Gasteiger partial charge in [0.15, 0.2) is 0 Å². The van der Waals surface area contributed by atoms with Crippen molar-refractivity contribution in [1.82, 2.24) is 5.06 Å². The van der Waals surface area contributed by atoms with Gasteiger partial charge in [-0.05, 0) is 35.6 Å². The van der Waals surface area contributed by atoms with Crippen LogP contribution in [0.3, 0.4) is 0 Å². The second kappa shape index (κ2) is 6.52. The van der Waals surface area contributed by atoms with Crippen LogP contribution in [-0.4, -0.2) is 30.2 Å². The van der Waals surface area contributed by atoms with Crippen LogP contribution in [0.25, 0.3) is 0 Å². The van der Waals surface area contributed by atoms with Crippen LogP contribution in [0, 0.1) is 0 Å². The van der Waals surface area contributed by atoms with E-state index in [9.17, 15) is 4.79 Å². The summed E-state index contributed by atoms with van der Waals surface area (Å²) in [6, 6.07) is 17.7. The van der Waals surface area contributed by atoms with E-state index in [1.807, 2.05) is 5.06 Å². The number of hydrogen-bond acceptors (Lipinski definition) is 4. The van der Waals surface area contributed by atoms with Crippen molar-refractivity contribution in [2.45, 2.75) is 38.8 Å². The molecule has 2 aromatic rings. The number of carbonyl (C=O) groups is 1. The molecule has 0 amide bonds. The highest BCUT2D eigenvalue weighted by molar-refractivity contribution is 5.66. The van der Waals surface area contributed by atoms with Crippen molar-refractivity contribution in [3.05, 3.63) is 65.2 Å². The van der Waals surface area contributed by atoms with Gasteiger partial charge in [0.1, 0.15) is 0 Å². The smallest absolute Gasteiger partial charge is 0.322 e. The average Bonchev–Trinajstić information content (AvgIpc) is 2.76. The Kier molecular flexibility index (Phi) is 4.22. The number of benzene rings is 2. The third-order valence-corrected chi connectivity index (χ3v) is 5.35. The minimum Gasteiger partial charge on any atom is -0.368 e. The van der Waals surface area contributed by atoms with Crippen LogP contribution in [-0.2, 0) is 16.1 Å². The SMILES string of the molecule is CCC1C2c3ccccc3Cc3ccccc3N2CCN1OC(C)=O. The summed E-state index contributed by atoms with van der Waals surface area (Å²) < 4.78 is 0. The zero-order chi connectivity index (χ0) is 17.4. The first kappa shape index (κ1) is 16.2. The summed E-state index contributed by atoms with van der Waals surface area (Å²) in [5.74, 6) is -0.241. The van der Waals surface area contributed by atoms with Crippen molar-refractivity contribution in [1.29, 1.82) is 0 Å². The van der Waals surface area contributed by atoms with E-state index in [1.54, 1.807) is 0 Å². The summed E-state index contributed by atoms with van der Waals surface area (Å²) in [7, 11) is 0. The highest BCUT2D eigenvalue weighted by Gasteiger charge is 2.41. The van der Waals surface area contributed by atoms with Gasteiger partial charge in [0, 0.05) is 19.2 Å². The minimum absolute atomic E-state index is 0.143. The molecule has 4 rings (SSSR count). The summed E-state index contributed by atoms with van der Waals surface area (Å²) in [4.78, 5) is 19.6. The first-order valence-corrected chi connectivity index (χ1v) is 9.06. The van der Waals surface area contributed by atoms with E-state index in [-0.39, 0.29) is 18.1 Å². The lowest BCUT2D eigenvalue weighted by molar-refractivity contribution is -0.206. The fraction of sp³-hybridized carbons (Fsp3) is 0.381. The Morgan fingerprint density at radius 3 is 2.56 bits per heavy atom. The van der Waals surface area contributed by atoms with E-state index in [1.165, 1.54) is 29.3 Å². The van der Waals surface area contributed by atoms with E-state index in [2.05, 4.69) is 60.4 Å². The number of nitrogens with zero attached hydrogens (tertiary/aromatic N) is 2. The summed E-state index contributed by atoms with van der Waals surface area (Å²) in [5.41, 5.74) is 5.39. The maximum absolute atomic E-state index is 11.6. The van der Waals surface area contributed by atoms with Crippen LogP contribution < -0.4 is 4.90 Å². The van der Waals surface area contributed by atoms with Gasteiger partial charge in [-0.1, -0.05) is 49.4 Å². The molecule has 2 aromatic carbocycles. The van der Waals surface area contributed by atoms with Crippen LogP contribution in [0.1, 0.15) is 43.0 Å². The number of piperazine rings is 1. The maximum Gasteiger partial charge on any atom is 0.322 e. The Bertz CT molecular complexity index is 789. The van der Waals surface area contributed by atoms with Crippen LogP contribution in [0.4, 0.5) is 5.69 Å². The molecule has 4 heteroatoms. The van der Waals surface area contributed by atoms with E-state index in [0.717, 1.165) is 25.9 Å². The Morgan fingerprint density at radius 1 is 1.08 bits per heavy atom. The monoisotopic (exact) mass is 336 g/mol. The van der Waals surface area contributed by atoms with Gasteiger partial charge in [-0.25, -0.2) is 0 Å².